The van der Waals surface area contributed by atoms with Crippen LogP contribution in [0.25, 0.3) is 44.1 Å². The van der Waals surface area contributed by atoms with Gasteiger partial charge in [0.25, 0.3) is 5.71 Å². The number of carbonyl (C=O) groups excluding carboxylic acids is 3. The molecule has 2 aromatic heterocycles. The van der Waals surface area contributed by atoms with E-state index in [0.717, 1.165) is 48.9 Å². The molecule has 0 aliphatic carbocycles. The molecule has 2 bridgehead atoms. The lowest BCUT2D eigenvalue weighted by Gasteiger charge is -2.34. The highest BCUT2D eigenvalue weighted by Crippen LogP contribution is 2.40. The minimum atomic E-state index is -2.28. The number of nitrogens with one attached hydrogen (secondary N) is 3. The van der Waals surface area contributed by atoms with Gasteiger partial charge in [0.1, 0.15) is 41.3 Å². The highest BCUT2D eigenvalue weighted by Gasteiger charge is 2.47. The number of aliphatic hydroxyl groups is 1. The Morgan fingerprint density at radius 3 is 2.30 bits per heavy atom. The molecule has 6 aromatic rings. The lowest BCUT2D eigenvalue weighted by molar-refractivity contribution is -0.450. The molecule has 5 N–H and O–H groups in total. The molecule has 6 atom stereocenters. The number of aliphatic hydroxyl groups excluding tert-OH is 1. The Bertz CT molecular complexity index is 3610. The summed E-state index contributed by atoms with van der Waals surface area (Å²) in [4.78, 5) is 59.7. The molecule has 3 amide bonds. The Morgan fingerprint density at radius 1 is 0.905 bits per heavy atom. The van der Waals surface area contributed by atoms with Crippen LogP contribution in [0.3, 0.4) is 0 Å². The van der Waals surface area contributed by atoms with Crippen LogP contribution >= 0.6 is 0 Å². The second-order valence-electron chi connectivity index (χ2n) is 23.0. The Balaban J connectivity index is 0.741. The zero-order valence-electron chi connectivity index (χ0n) is 46.6. The van der Waals surface area contributed by atoms with Gasteiger partial charge in [0.2, 0.25) is 11.7 Å². The molecule has 3 fully saturated rings. The topological polar surface area (TPSA) is 194 Å². The van der Waals surface area contributed by atoms with Gasteiger partial charge in [0, 0.05) is 67.9 Å². The van der Waals surface area contributed by atoms with Crippen molar-refractivity contribution in [1.29, 1.82) is 0 Å². The summed E-state index contributed by atoms with van der Waals surface area (Å²) in [6, 6.07) is 8.81. The van der Waals surface area contributed by atoms with E-state index in [4.69, 9.17) is 20.9 Å². The maximum Gasteiger partial charge on any atom is 0.410 e. The van der Waals surface area contributed by atoms with Crippen LogP contribution in [-0.2, 0) is 19.1 Å². The molecule has 2 unspecified atom stereocenters. The third-order valence-corrected chi connectivity index (χ3v) is 16.1. The number of nitrogens with zero attached hydrogens (tertiary/aromatic N) is 6. The Morgan fingerprint density at radius 2 is 1.61 bits per heavy atom. The highest BCUT2D eigenvalue weighted by atomic mass is 19.2. The molecule has 23 heteroatoms. The van der Waals surface area contributed by atoms with Crippen molar-refractivity contribution >= 4 is 50.9 Å². The maximum absolute atomic E-state index is 17.1. The van der Waals surface area contributed by atoms with E-state index in [-0.39, 0.29) is 101 Å². The molecule has 16 nitrogen and oxygen atoms in total. The summed E-state index contributed by atoms with van der Waals surface area (Å²) in [6.07, 6.45) is 10.2. The molecule has 4 aliphatic heterocycles. The molecule has 4 aliphatic rings. The van der Waals surface area contributed by atoms with E-state index in [9.17, 15) is 46.5 Å². The third-order valence-electron chi connectivity index (χ3n) is 16.1. The summed E-state index contributed by atoms with van der Waals surface area (Å²) in [5.41, 5.74) is -2.16. The number of rotatable bonds is 18. The predicted octanol–water partition coefficient (Wildman–Crippen LogP) is 7.91. The number of aromatic hydroxyl groups is 1. The first-order valence-electron chi connectivity index (χ1n) is 27.9. The van der Waals surface area contributed by atoms with E-state index in [1.54, 1.807) is 27.7 Å². The summed E-state index contributed by atoms with van der Waals surface area (Å²) in [5, 5.41) is 31.5. The minimum absolute atomic E-state index is 0.0266. The average Bonchev–Trinajstić information content (AvgIpc) is 2.53. The number of ether oxygens (including phenoxy) is 2. The number of amides is 3. The van der Waals surface area contributed by atoms with Gasteiger partial charge in [-0.2, -0.15) is 14.5 Å². The summed E-state index contributed by atoms with van der Waals surface area (Å²) in [6.45, 7) is 9.81. The number of fused-ring (bicyclic) bond motifs is 4. The van der Waals surface area contributed by atoms with Crippen LogP contribution in [0.5, 0.6) is 11.8 Å². The molecule has 3 saturated heterocycles. The zero-order chi connectivity index (χ0) is 59.9. The van der Waals surface area contributed by atoms with Crippen molar-refractivity contribution in [3.8, 4) is 46.5 Å². The number of hydrogen-bond donors (Lipinski definition) is 5. The number of benzene rings is 4. The predicted molar refractivity (Wildman–Crippen MR) is 297 cm³/mol. The first-order valence-corrected chi connectivity index (χ1v) is 27.9. The Labute approximate surface area is 479 Å². The maximum atomic E-state index is 17.1. The second-order valence-corrected chi connectivity index (χ2v) is 23.0. The SMILES string of the molecule is C#Cc1c(F)ccc2cc(O)cc(-c3ncc4c(N5CC6CCC(C5)N6)nc(OC[C@@H]5CCCN5CCCOCCC(=O)N[C@H](C(=O)[N+]5=C(C(=O)N[C@@H](C)c6ccc(-c7c(F)c(F)c(F)c(F)c7F)cc6)C[C@@H](O)C5)C(C)(C)C)nc4c3F)c12. The molecule has 0 spiro atoms. The van der Waals surface area contributed by atoms with E-state index < -0.39 is 87.6 Å². The smallest absolute Gasteiger partial charge is 0.410 e. The van der Waals surface area contributed by atoms with E-state index in [2.05, 4.69) is 41.6 Å². The fraction of sp³-hybridized carbons (Fsp3) is 0.426. The first kappa shape index (κ1) is 59.4. The molecule has 10 rings (SSSR count). The van der Waals surface area contributed by atoms with Crippen LogP contribution in [0.2, 0.25) is 0 Å². The van der Waals surface area contributed by atoms with Crippen LogP contribution in [0.1, 0.15) is 89.8 Å². The van der Waals surface area contributed by atoms with Crippen molar-refractivity contribution in [3.05, 3.63) is 107 Å². The van der Waals surface area contributed by atoms with E-state index >= 15 is 8.78 Å². The van der Waals surface area contributed by atoms with Gasteiger partial charge in [-0.1, -0.05) is 57.0 Å². The molecular formula is C61H63F7N9O7+. The van der Waals surface area contributed by atoms with Crippen LogP contribution in [0.15, 0.2) is 54.7 Å². The van der Waals surface area contributed by atoms with Gasteiger partial charge in [0.05, 0.1) is 35.6 Å². The standard InChI is InChI=1S/C61H62F7N9O7/c1-6-40-43(62)17-14-34-23-38(78)24-41(46(34)40)54-53(68)55-42(26-69-54)57(76-27-35-15-16-36(28-76)71-35)74-60(73-55)84-30-37-9-7-19-75(37)20-8-21-83-22-18-45(80)72-56(61(3,4)5)59(82)77-29-39(79)25-44(77)58(81)70-31(2)32-10-12-33(13-11-32)47-48(63)50(65)52(67)51(66)49(47)64/h1,10-14,17,23-24,26,31,35-37,39,56,71,79H,7-9,15-16,18-22,25,27-30H2,2-5H3,(H2-,70,72,78,80,81)/p+1/t31-,35?,36?,37-,39+,56+/m0/s1. The number of anilines is 1. The van der Waals surface area contributed by atoms with Crippen molar-refractivity contribution in [2.24, 2.45) is 5.41 Å². The van der Waals surface area contributed by atoms with E-state index in [1.165, 1.54) is 42.6 Å². The van der Waals surface area contributed by atoms with Gasteiger partial charge in [0.15, 0.2) is 41.7 Å². The number of aromatic nitrogens is 3. The van der Waals surface area contributed by atoms with Crippen molar-refractivity contribution in [3.63, 3.8) is 0 Å². The van der Waals surface area contributed by atoms with Gasteiger partial charge in [-0.25, -0.2) is 35.5 Å². The summed E-state index contributed by atoms with van der Waals surface area (Å²) < 4.78 is 116. The quantitative estimate of drug-likeness (QED) is 0.0139. The average molecular weight is 1170 g/mol. The highest BCUT2D eigenvalue weighted by molar-refractivity contribution is 6.38. The molecule has 0 saturated carbocycles. The van der Waals surface area contributed by atoms with Gasteiger partial charge in [-0.05, 0) is 85.7 Å². The van der Waals surface area contributed by atoms with Crippen molar-refractivity contribution in [2.45, 2.75) is 109 Å². The van der Waals surface area contributed by atoms with E-state index in [0.29, 0.717) is 54.8 Å². The lowest BCUT2D eigenvalue weighted by Crippen LogP contribution is -2.54. The minimum Gasteiger partial charge on any atom is -0.508 e. The summed E-state index contributed by atoms with van der Waals surface area (Å²) >= 11 is 0. The largest absolute Gasteiger partial charge is 0.508 e. The van der Waals surface area contributed by atoms with Gasteiger partial charge in [-0.15, -0.1) is 6.42 Å². The van der Waals surface area contributed by atoms with Crippen LogP contribution in [0, 0.1) is 58.5 Å². The van der Waals surface area contributed by atoms with Crippen LogP contribution < -0.4 is 25.6 Å². The number of β-amino-alcohol motifs (C(OH)–C–C–N with tert-alkyl or cyclic N) is 1. The number of phenolic OH excluding ortho intramolecular Hbond substituents is 1. The van der Waals surface area contributed by atoms with Crippen LogP contribution in [0.4, 0.5) is 36.6 Å². The number of carbonyl (C=O) groups is 3. The molecule has 442 valence electrons. The second kappa shape index (κ2) is 24.4. The Hall–Kier alpha value is -7.78. The number of piperazine rings is 1. The third kappa shape index (κ3) is 12.1. The number of phenols is 1. The van der Waals surface area contributed by atoms with Crippen molar-refractivity contribution in [1.82, 2.24) is 35.8 Å². The lowest BCUT2D eigenvalue weighted by atomic mass is 9.85. The number of hydrogen-bond acceptors (Lipinski definition) is 13. The Kier molecular flexibility index (Phi) is 17.3. The monoisotopic (exact) mass is 1170 g/mol. The summed E-state index contributed by atoms with van der Waals surface area (Å²) in [5.74, 6) is -11.1. The first-order chi connectivity index (χ1) is 40.1. The van der Waals surface area contributed by atoms with E-state index in [1.807, 2.05) is 0 Å². The number of terminal acetylenes is 1. The summed E-state index contributed by atoms with van der Waals surface area (Å²) in [7, 11) is 0. The number of halogens is 7. The molecule has 4 aromatic carbocycles. The molecule has 0 radical (unpaired) electrons. The van der Waals surface area contributed by atoms with Gasteiger partial charge < -0.3 is 40.5 Å². The van der Waals surface area contributed by atoms with Gasteiger partial charge >= 0.3 is 17.8 Å². The van der Waals surface area contributed by atoms with Crippen molar-refractivity contribution < 1.29 is 69.4 Å². The normalized spacial score (nSPS) is 19.7. The van der Waals surface area contributed by atoms with Gasteiger partial charge in [-0.3, -0.25) is 19.5 Å². The number of likely N-dealkylation sites (tertiary alicyclic amines) is 1. The fourth-order valence-corrected chi connectivity index (χ4v) is 11.8. The van der Waals surface area contributed by atoms with Crippen molar-refractivity contribution in [2.75, 3.05) is 57.4 Å². The van der Waals surface area contributed by atoms with Crippen LogP contribution in [-0.4, -0.2) is 141 Å². The molecule has 6 heterocycles. The fourth-order valence-electron chi connectivity index (χ4n) is 11.8. The molecular weight excluding hydrogens is 1100 g/mol. The number of pyridine rings is 1. The molecule has 84 heavy (non-hydrogen) atoms. The zero-order valence-corrected chi connectivity index (χ0v) is 46.6.